The van der Waals surface area contributed by atoms with Gasteiger partial charge in [-0.3, -0.25) is 9.59 Å². The van der Waals surface area contributed by atoms with Crippen molar-refractivity contribution in [1.29, 1.82) is 0 Å². The summed E-state index contributed by atoms with van der Waals surface area (Å²) in [5.41, 5.74) is -6.11. The van der Waals surface area contributed by atoms with Crippen LogP contribution >= 0.6 is 0 Å². The monoisotopic (exact) mass is 614 g/mol. The lowest BCUT2D eigenvalue weighted by Gasteiger charge is -2.65. The molecule has 2 heterocycles. The van der Waals surface area contributed by atoms with Gasteiger partial charge in [0.15, 0.2) is 6.10 Å². The fourth-order valence-electron chi connectivity index (χ4n) is 7.68. The van der Waals surface area contributed by atoms with E-state index in [0.717, 1.165) is 0 Å². The second-order valence-corrected chi connectivity index (χ2v) is 12.6. The van der Waals surface area contributed by atoms with Gasteiger partial charge in [-0.2, -0.15) is 0 Å². The van der Waals surface area contributed by atoms with Crippen LogP contribution in [0, 0.1) is 11.3 Å². The molecule has 1 aromatic heterocycles. The average Bonchev–Trinajstić information content (AvgIpc) is 3.54. The van der Waals surface area contributed by atoms with Gasteiger partial charge in [-0.05, 0) is 70.5 Å². The lowest BCUT2D eigenvalue weighted by Crippen LogP contribution is -2.81. The van der Waals surface area contributed by atoms with Crippen LogP contribution in [-0.4, -0.2) is 77.3 Å². The molecule has 1 N–H and O–H groups in total. The normalized spacial score (nSPS) is 35.1. The molecule has 2 bridgehead atoms. The molecule has 12 nitrogen and oxygen atoms in total. The molecule has 1 saturated heterocycles. The highest BCUT2D eigenvalue weighted by molar-refractivity contribution is 5.90. The van der Waals surface area contributed by atoms with Crippen molar-refractivity contribution in [3.8, 4) is 5.75 Å². The van der Waals surface area contributed by atoms with Gasteiger partial charge >= 0.3 is 23.9 Å². The summed E-state index contributed by atoms with van der Waals surface area (Å²) in [5, 5.41) is 12.4. The molecule has 2 aromatic rings. The van der Waals surface area contributed by atoms with E-state index in [9.17, 15) is 24.3 Å². The first kappa shape index (κ1) is 31.5. The molecule has 5 rings (SSSR count). The topological polar surface area (TPSA) is 157 Å². The summed E-state index contributed by atoms with van der Waals surface area (Å²) in [6.07, 6.45) is -3.46. The maximum atomic E-state index is 13.7. The Kier molecular flexibility index (Phi) is 7.82. The molecule has 1 aliphatic heterocycles. The third-order valence-electron chi connectivity index (χ3n) is 9.49. The van der Waals surface area contributed by atoms with E-state index in [-0.39, 0.29) is 24.2 Å². The average molecular weight is 615 g/mol. The van der Waals surface area contributed by atoms with E-state index in [0.29, 0.717) is 5.75 Å². The van der Waals surface area contributed by atoms with Crippen molar-refractivity contribution >= 4 is 23.9 Å². The number of hydrogen-bond donors (Lipinski definition) is 1. The SMILES string of the molecule is COc1ccc(C(=O)O[C@@H]2[C@H]3C[C@H](OC(=O)c4ccco4)[C@]4(C)[C@@H](OC(C)=O)[C@@H](OC(C)=O)C[C@](C)(O)[C@@]24OC3(C)C)cc1. The summed E-state index contributed by atoms with van der Waals surface area (Å²) in [5.74, 6) is -2.96. The van der Waals surface area contributed by atoms with Gasteiger partial charge in [0.2, 0.25) is 5.76 Å². The predicted molar refractivity (Wildman–Crippen MR) is 151 cm³/mol. The van der Waals surface area contributed by atoms with E-state index in [2.05, 4.69) is 0 Å². The van der Waals surface area contributed by atoms with E-state index in [1.165, 1.54) is 46.3 Å². The van der Waals surface area contributed by atoms with E-state index >= 15 is 0 Å². The number of esters is 4. The number of carbonyl (C=O) groups excluding carboxylic acids is 4. The van der Waals surface area contributed by atoms with Gasteiger partial charge in [-0.1, -0.05) is 0 Å². The Balaban J connectivity index is 1.68. The van der Waals surface area contributed by atoms with Crippen LogP contribution in [-0.2, 0) is 33.3 Å². The smallest absolute Gasteiger partial charge is 0.374 e. The fraction of sp³-hybridized carbons (Fsp3) is 0.562. The van der Waals surface area contributed by atoms with Crippen molar-refractivity contribution in [2.24, 2.45) is 11.3 Å². The molecule has 1 aromatic carbocycles. The first-order valence-corrected chi connectivity index (χ1v) is 14.4. The van der Waals surface area contributed by atoms with Crippen molar-refractivity contribution in [3.63, 3.8) is 0 Å². The zero-order valence-corrected chi connectivity index (χ0v) is 25.8. The molecule has 0 amide bonds. The fourth-order valence-corrected chi connectivity index (χ4v) is 7.68. The first-order chi connectivity index (χ1) is 20.6. The Morgan fingerprint density at radius 3 is 2.09 bits per heavy atom. The minimum absolute atomic E-state index is 0.0635. The van der Waals surface area contributed by atoms with Crippen LogP contribution in [0.5, 0.6) is 5.75 Å². The number of furan rings is 1. The third kappa shape index (κ3) is 4.84. The van der Waals surface area contributed by atoms with Crippen LogP contribution in [0.2, 0.25) is 0 Å². The molecule has 0 unspecified atom stereocenters. The van der Waals surface area contributed by atoms with Gasteiger partial charge in [0.1, 0.15) is 29.7 Å². The number of rotatable bonds is 7. The Bertz CT molecular complexity index is 1430. The van der Waals surface area contributed by atoms with E-state index < -0.39 is 76.4 Å². The number of hydrogen-bond acceptors (Lipinski definition) is 12. The molecule has 8 atom stereocenters. The molecule has 1 spiro atoms. The molecule has 3 aliphatic rings. The molecule has 0 radical (unpaired) electrons. The quantitative estimate of drug-likeness (QED) is 0.357. The molecule has 3 fully saturated rings. The van der Waals surface area contributed by atoms with Crippen LogP contribution in [0.4, 0.5) is 0 Å². The van der Waals surface area contributed by atoms with Crippen LogP contribution in [0.3, 0.4) is 0 Å². The minimum Gasteiger partial charge on any atom is -0.497 e. The minimum atomic E-state index is -1.87. The number of methoxy groups -OCH3 is 1. The maximum absolute atomic E-state index is 13.7. The van der Waals surface area contributed by atoms with Gasteiger partial charge in [0.25, 0.3) is 0 Å². The molecule has 44 heavy (non-hydrogen) atoms. The number of benzene rings is 1. The largest absolute Gasteiger partial charge is 0.497 e. The van der Waals surface area contributed by atoms with Crippen LogP contribution in [0.1, 0.15) is 75.3 Å². The molecule has 12 heteroatoms. The molecule has 2 saturated carbocycles. The van der Waals surface area contributed by atoms with E-state index in [4.69, 9.17) is 32.8 Å². The third-order valence-corrected chi connectivity index (χ3v) is 9.49. The zero-order valence-electron chi connectivity index (χ0n) is 25.8. The lowest BCUT2D eigenvalue weighted by molar-refractivity contribution is -0.343. The van der Waals surface area contributed by atoms with Crippen molar-refractivity contribution < 1.29 is 57.1 Å². The Hall–Kier alpha value is -3.90. The second kappa shape index (κ2) is 10.9. The summed E-state index contributed by atoms with van der Waals surface area (Å²) >= 11 is 0. The maximum Gasteiger partial charge on any atom is 0.374 e. The molecular weight excluding hydrogens is 576 g/mol. The summed E-state index contributed by atoms with van der Waals surface area (Å²) in [6, 6.07) is 9.34. The number of aliphatic hydroxyl groups is 1. The van der Waals surface area contributed by atoms with Crippen molar-refractivity contribution in [2.75, 3.05) is 7.11 Å². The highest BCUT2D eigenvalue weighted by Crippen LogP contribution is 2.69. The molecular formula is C32H38O12. The van der Waals surface area contributed by atoms with E-state index in [1.54, 1.807) is 45.0 Å². The number of carbonyl (C=O) groups is 4. The first-order valence-electron chi connectivity index (χ1n) is 14.4. The van der Waals surface area contributed by atoms with Gasteiger partial charge < -0.3 is 37.9 Å². The summed E-state index contributed by atoms with van der Waals surface area (Å²) in [6.45, 7) is 9.13. The zero-order chi connectivity index (χ0) is 32.2. The van der Waals surface area contributed by atoms with Gasteiger partial charge in [-0.25, -0.2) is 9.59 Å². The van der Waals surface area contributed by atoms with Crippen LogP contribution in [0.25, 0.3) is 0 Å². The second-order valence-electron chi connectivity index (χ2n) is 12.6. The van der Waals surface area contributed by atoms with Crippen LogP contribution in [0.15, 0.2) is 47.1 Å². The van der Waals surface area contributed by atoms with Gasteiger partial charge in [0.05, 0.1) is 35.6 Å². The number of ether oxygens (including phenoxy) is 6. The highest BCUT2D eigenvalue weighted by atomic mass is 16.6. The molecule has 238 valence electrons. The standard InChI is InChI=1S/C32H38O12/c1-17(33)40-23-16-30(5,37)32-25(43-27(35)19-10-12-20(38-7)13-11-19)21(29(3,4)44-32)15-24(31(32,6)26(23)41-18(2)34)42-28(36)22-9-8-14-39-22/h8-14,21,23-26,37H,15-16H2,1-7H3/t21-,23+,24+,25-,26+,30+,31-,32+/m1/s1. The van der Waals surface area contributed by atoms with Crippen molar-refractivity contribution in [2.45, 2.75) is 95.6 Å². The highest BCUT2D eigenvalue weighted by Gasteiger charge is 2.84. The summed E-state index contributed by atoms with van der Waals surface area (Å²) in [7, 11) is 1.51. The summed E-state index contributed by atoms with van der Waals surface area (Å²) in [4.78, 5) is 51.8. The number of fused-ring (bicyclic) bond motifs is 1. The Labute approximate surface area is 254 Å². The van der Waals surface area contributed by atoms with Gasteiger partial charge in [-0.15, -0.1) is 0 Å². The van der Waals surface area contributed by atoms with Crippen molar-refractivity contribution in [1.82, 2.24) is 0 Å². The van der Waals surface area contributed by atoms with Crippen molar-refractivity contribution in [3.05, 3.63) is 54.0 Å². The van der Waals surface area contributed by atoms with E-state index in [1.807, 2.05) is 0 Å². The summed E-state index contributed by atoms with van der Waals surface area (Å²) < 4.78 is 41.2. The Morgan fingerprint density at radius 1 is 0.864 bits per heavy atom. The Morgan fingerprint density at radius 2 is 1.52 bits per heavy atom. The van der Waals surface area contributed by atoms with Crippen LogP contribution < -0.4 is 4.74 Å². The van der Waals surface area contributed by atoms with Gasteiger partial charge in [0, 0.05) is 26.2 Å². The molecule has 2 aliphatic carbocycles. The predicted octanol–water partition coefficient (Wildman–Crippen LogP) is 3.63. The lowest BCUT2D eigenvalue weighted by atomic mass is 9.47.